The predicted molar refractivity (Wildman–Crippen MR) is 121 cm³/mol. The third kappa shape index (κ3) is 5.43. The Morgan fingerprint density at radius 3 is 2.57 bits per heavy atom. The molecule has 1 atom stereocenters. The Morgan fingerprint density at radius 1 is 1.23 bits per heavy atom. The number of amides is 1. The second-order valence-corrected chi connectivity index (χ2v) is 8.28. The number of allylic oxidation sites excluding steroid dienone is 1. The number of halogens is 1. The molecule has 8 heteroatoms. The van der Waals surface area contributed by atoms with Gasteiger partial charge in [0, 0.05) is 23.7 Å². The van der Waals surface area contributed by atoms with E-state index in [0.29, 0.717) is 29.1 Å². The van der Waals surface area contributed by atoms with Crippen molar-refractivity contribution in [1.82, 2.24) is 20.1 Å². The molecule has 1 unspecified atom stereocenters. The van der Waals surface area contributed by atoms with E-state index in [2.05, 4.69) is 22.1 Å². The summed E-state index contributed by atoms with van der Waals surface area (Å²) in [4.78, 5) is 12.6. The van der Waals surface area contributed by atoms with Crippen LogP contribution in [0.5, 0.6) is 5.75 Å². The van der Waals surface area contributed by atoms with Gasteiger partial charge in [-0.2, -0.15) is 0 Å². The molecule has 1 N–H and O–H groups in total. The molecule has 3 aromatic rings. The Bertz CT molecular complexity index is 1000. The largest absolute Gasteiger partial charge is 0.497 e. The van der Waals surface area contributed by atoms with Gasteiger partial charge in [-0.05, 0) is 48.9 Å². The maximum atomic E-state index is 12.6. The summed E-state index contributed by atoms with van der Waals surface area (Å²) >= 11 is 7.35. The minimum atomic E-state index is -0.339. The predicted octanol–water partition coefficient (Wildman–Crippen LogP) is 4.59. The number of hydrogen-bond acceptors (Lipinski definition) is 5. The van der Waals surface area contributed by atoms with Crippen molar-refractivity contribution >= 4 is 29.3 Å². The fourth-order valence-electron chi connectivity index (χ4n) is 2.77. The maximum absolute atomic E-state index is 12.6. The lowest BCUT2D eigenvalue weighted by atomic mass is 10.2. The van der Waals surface area contributed by atoms with E-state index in [9.17, 15) is 4.79 Å². The van der Waals surface area contributed by atoms with Gasteiger partial charge in [-0.15, -0.1) is 16.8 Å². The van der Waals surface area contributed by atoms with Crippen LogP contribution in [0.4, 0.5) is 0 Å². The highest BCUT2D eigenvalue weighted by molar-refractivity contribution is 8.00. The Kier molecular flexibility index (Phi) is 7.54. The van der Waals surface area contributed by atoms with Gasteiger partial charge in [-0.25, -0.2) is 0 Å². The molecule has 0 saturated heterocycles. The minimum Gasteiger partial charge on any atom is -0.497 e. The summed E-state index contributed by atoms with van der Waals surface area (Å²) in [5, 5.41) is 12.5. The number of thioether (sulfide) groups is 1. The van der Waals surface area contributed by atoms with Crippen molar-refractivity contribution in [1.29, 1.82) is 0 Å². The molecule has 0 spiro atoms. The van der Waals surface area contributed by atoms with E-state index in [4.69, 9.17) is 16.3 Å². The topological polar surface area (TPSA) is 69.0 Å². The SMILES string of the molecule is C=CCn1c(SC(C)C(=O)NCc2ccc(OC)cc2)nnc1-c1ccc(Cl)cc1. The number of benzene rings is 2. The highest BCUT2D eigenvalue weighted by atomic mass is 35.5. The molecule has 0 fully saturated rings. The lowest BCUT2D eigenvalue weighted by Gasteiger charge is -2.13. The molecule has 0 aliphatic rings. The van der Waals surface area contributed by atoms with E-state index in [-0.39, 0.29) is 11.2 Å². The molecule has 6 nitrogen and oxygen atoms in total. The molecule has 2 aromatic carbocycles. The molecular formula is C22H23ClN4O2S. The summed E-state index contributed by atoms with van der Waals surface area (Å²) in [5.41, 5.74) is 1.90. The molecule has 156 valence electrons. The fourth-order valence-corrected chi connectivity index (χ4v) is 3.78. The van der Waals surface area contributed by atoms with Crippen molar-refractivity contribution in [3.05, 3.63) is 71.8 Å². The quantitative estimate of drug-likeness (QED) is 0.387. The minimum absolute atomic E-state index is 0.0722. The standard InChI is InChI=1S/C22H23ClN4O2S/c1-4-13-27-20(17-7-9-18(23)10-8-17)25-26-22(27)30-15(2)21(28)24-14-16-5-11-19(29-3)12-6-16/h4-12,15H,1,13-14H2,2-3H3,(H,24,28). The Hall–Kier alpha value is -2.77. The van der Waals surface area contributed by atoms with Gasteiger partial charge >= 0.3 is 0 Å². The lowest BCUT2D eigenvalue weighted by Crippen LogP contribution is -2.30. The van der Waals surface area contributed by atoms with Crippen molar-refractivity contribution in [2.45, 2.75) is 30.4 Å². The highest BCUT2D eigenvalue weighted by Crippen LogP contribution is 2.27. The molecule has 1 amide bonds. The zero-order valence-corrected chi connectivity index (χ0v) is 18.4. The van der Waals surface area contributed by atoms with Crippen LogP contribution in [-0.2, 0) is 17.9 Å². The number of nitrogens with one attached hydrogen (secondary N) is 1. The number of ether oxygens (including phenoxy) is 1. The third-order valence-corrected chi connectivity index (χ3v) is 5.74. The number of carbonyl (C=O) groups is 1. The van der Waals surface area contributed by atoms with Gasteiger partial charge in [0.15, 0.2) is 11.0 Å². The average molecular weight is 443 g/mol. The first-order valence-electron chi connectivity index (χ1n) is 9.39. The Labute approximate surface area is 185 Å². The van der Waals surface area contributed by atoms with Gasteiger partial charge in [0.05, 0.1) is 12.4 Å². The molecule has 0 saturated carbocycles. The van der Waals surface area contributed by atoms with Gasteiger partial charge in [-0.1, -0.05) is 41.6 Å². The van der Waals surface area contributed by atoms with Crippen molar-refractivity contribution < 1.29 is 9.53 Å². The van der Waals surface area contributed by atoms with Crippen LogP contribution in [0.3, 0.4) is 0 Å². The normalized spacial score (nSPS) is 11.7. The molecule has 0 radical (unpaired) electrons. The fraction of sp³-hybridized carbons (Fsp3) is 0.227. The maximum Gasteiger partial charge on any atom is 0.233 e. The smallest absolute Gasteiger partial charge is 0.233 e. The van der Waals surface area contributed by atoms with E-state index >= 15 is 0 Å². The van der Waals surface area contributed by atoms with Crippen molar-refractivity contribution in [2.75, 3.05) is 7.11 Å². The zero-order valence-electron chi connectivity index (χ0n) is 16.8. The third-order valence-electron chi connectivity index (χ3n) is 4.41. The van der Waals surface area contributed by atoms with Gasteiger partial charge in [-0.3, -0.25) is 9.36 Å². The number of rotatable bonds is 9. The van der Waals surface area contributed by atoms with Crippen LogP contribution in [0.25, 0.3) is 11.4 Å². The molecule has 30 heavy (non-hydrogen) atoms. The van der Waals surface area contributed by atoms with Crippen LogP contribution in [0.1, 0.15) is 12.5 Å². The first-order valence-corrected chi connectivity index (χ1v) is 10.6. The summed E-state index contributed by atoms with van der Waals surface area (Å²) < 4.78 is 7.09. The second kappa shape index (κ2) is 10.3. The average Bonchev–Trinajstić information content (AvgIpc) is 3.15. The molecular weight excluding hydrogens is 420 g/mol. The molecule has 1 heterocycles. The molecule has 1 aromatic heterocycles. The molecule has 0 bridgehead atoms. The van der Waals surface area contributed by atoms with Crippen LogP contribution in [-0.4, -0.2) is 33.0 Å². The van der Waals surface area contributed by atoms with Crippen LogP contribution >= 0.6 is 23.4 Å². The second-order valence-electron chi connectivity index (χ2n) is 6.54. The Balaban J connectivity index is 1.67. The van der Waals surface area contributed by atoms with Crippen LogP contribution in [0, 0.1) is 0 Å². The van der Waals surface area contributed by atoms with Gasteiger partial charge in [0.1, 0.15) is 5.75 Å². The summed E-state index contributed by atoms with van der Waals surface area (Å²) in [6.07, 6.45) is 1.78. The van der Waals surface area contributed by atoms with Crippen LogP contribution < -0.4 is 10.1 Å². The monoisotopic (exact) mass is 442 g/mol. The lowest BCUT2D eigenvalue weighted by molar-refractivity contribution is -0.120. The zero-order chi connectivity index (χ0) is 21.5. The van der Waals surface area contributed by atoms with Gasteiger partial charge in [0.25, 0.3) is 0 Å². The van der Waals surface area contributed by atoms with Crippen molar-refractivity contribution in [2.24, 2.45) is 0 Å². The highest BCUT2D eigenvalue weighted by Gasteiger charge is 2.20. The van der Waals surface area contributed by atoms with E-state index < -0.39 is 0 Å². The van der Waals surface area contributed by atoms with E-state index in [1.807, 2.05) is 60.0 Å². The number of carbonyl (C=O) groups excluding carboxylic acids is 1. The summed E-state index contributed by atoms with van der Waals surface area (Å²) in [6.45, 7) is 6.65. The molecule has 3 rings (SSSR count). The van der Waals surface area contributed by atoms with Crippen molar-refractivity contribution in [3.63, 3.8) is 0 Å². The Morgan fingerprint density at radius 2 is 1.93 bits per heavy atom. The van der Waals surface area contributed by atoms with E-state index in [0.717, 1.165) is 16.9 Å². The summed E-state index contributed by atoms with van der Waals surface area (Å²) in [5.74, 6) is 1.42. The summed E-state index contributed by atoms with van der Waals surface area (Å²) in [7, 11) is 1.62. The first kappa shape index (κ1) is 21.9. The number of aromatic nitrogens is 3. The molecule has 0 aliphatic carbocycles. The van der Waals surface area contributed by atoms with Gasteiger partial charge < -0.3 is 10.1 Å². The summed E-state index contributed by atoms with van der Waals surface area (Å²) in [6, 6.07) is 15.0. The molecule has 0 aliphatic heterocycles. The van der Waals surface area contributed by atoms with Crippen LogP contribution in [0.2, 0.25) is 5.02 Å². The first-order chi connectivity index (χ1) is 14.5. The number of hydrogen-bond donors (Lipinski definition) is 1. The van der Waals surface area contributed by atoms with Crippen molar-refractivity contribution in [3.8, 4) is 17.1 Å². The number of methoxy groups -OCH3 is 1. The van der Waals surface area contributed by atoms with Gasteiger partial charge in [0.2, 0.25) is 5.91 Å². The van der Waals surface area contributed by atoms with E-state index in [1.165, 1.54) is 11.8 Å². The van der Waals surface area contributed by atoms with Crippen LogP contribution in [0.15, 0.2) is 66.3 Å². The van der Waals surface area contributed by atoms with E-state index in [1.54, 1.807) is 13.2 Å². The number of nitrogens with zero attached hydrogens (tertiary/aromatic N) is 3.